The van der Waals surface area contributed by atoms with Crippen molar-refractivity contribution in [2.24, 2.45) is 5.92 Å². The first kappa shape index (κ1) is 12.2. The Morgan fingerprint density at radius 3 is 2.67 bits per heavy atom. The lowest BCUT2D eigenvalue weighted by molar-refractivity contribution is -0.140. The van der Waals surface area contributed by atoms with Crippen molar-refractivity contribution in [1.82, 2.24) is 5.32 Å². The van der Waals surface area contributed by atoms with Crippen molar-refractivity contribution in [3.05, 3.63) is 21.9 Å². The number of rotatable bonds is 5. The summed E-state index contributed by atoms with van der Waals surface area (Å²) in [5.41, 5.74) is 1.22. The molecule has 0 aliphatic rings. The molecule has 0 saturated heterocycles. The smallest absolute Gasteiger partial charge is 0.320 e. The van der Waals surface area contributed by atoms with Gasteiger partial charge < -0.3 is 5.11 Å². The Bertz CT molecular complexity index is 333. The first-order valence-corrected chi connectivity index (χ1v) is 5.89. The Kier molecular flexibility index (Phi) is 4.29. The van der Waals surface area contributed by atoms with E-state index >= 15 is 0 Å². The molecular formula is C11H17NO2S. The fraction of sp³-hybridized carbons (Fsp3) is 0.545. The number of aryl methyl sites for hydroxylation is 1. The number of thiophene rings is 1. The van der Waals surface area contributed by atoms with Gasteiger partial charge in [0.05, 0.1) is 0 Å². The van der Waals surface area contributed by atoms with E-state index in [4.69, 9.17) is 5.11 Å². The van der Waals surface area contributed by atoms with E-state index in [0.29, 0.717) is 6.54 Å². The van der Waals surface area contributed by atoms with Crippen LogP contribution < -0.4 is 5.32 Å². The Morgan fingerprint density at radius 1 is 1.60 bits per heavy atom. The first-order valence-electron chi connectivity index (χ1n) is 5.01. The lowest BCUT2D eigenvalue weighted by Crippen LogP contribution is -2.40. The molecule has 0 aliphatic carbocycles. The number of hydrogen-bond donors (Lipinski definition) is 2. The number of aliphatic carboxylic acids is 1. The molecular weight excluding hydrogens is 210 g/mol. The molecule has 1 atom stereocenters. The van der Waals surface area contributed by atoms with Crippen LogP contribution in [0.25, 0.3) is 0 Å². The molecule has 0 amide bonds. The molecule has 1 aromatic rings. The van der Waals surface area contributed by atoms with E-state index in [1.165, 1.54) is 10.4 Å². The second kappa shape index (κ2) is 5.28. The molecule has 84 valence electrons. The summed E-state index contributed by atoms with van der Waals surface area (Å²) < 4.78 is 0. The summed E-state index contributed by atoms with van der Waals surface area (Å²) in [6.07, 6.45) is 0. The van der Waals surface area contributed by atoms with Crippen LogP contribution in [-0.2, 0) is 11.3 Å². The maximum atomic E-state index is 10.9. The molecule has 15 heavy (non-hydrogen) atoms. The molecule has 0 fully saturated rings. The fourth-order valence-corrected chi connectivity index (χ4v) is 2.25. The molecule has 3 nitrogen and oxygen atoms in total. The molecule has 2 N–H and O–H groups in total. The molecule has 1 heterocycles. The Morgan fingerprint density at radius 2 is 2.27 bits per heavy atom. The number of carbonyl (C=O) groups is 1. The van der Waals surface area contributed by atoms with Crippen LogP contribution in [0.1, 0.15) is 24.3 Å². The third-order valence-corrected chi connectivity index (χ3v) is 3.41. The van der Waals surface area contributed by atoms with Gasteiger partial charge in [0.15, 0.2) is 0 Å². The van der Waals surface area contributed by atoms with Crippen molar-refractivity contribution in [3.8, 4) is 0 Å². The van der Waals surface area contributed by atoms with Crippen LogP contribution in [0.15, 0.2) is 11.4 Å². The van der Waals surface area contributed by atoms with Crippen LogP contribution >= 0.6 is 11.3 Å². The highest BCUT2D eigenvalue weighted by Gasteiger charge is 2.20. The average molecular weight is 227 g/mol. The van der Waals surface area contributed by atoms with Gasteiger partial charge in [-0.25, -0.2) is 0 Å². The molecule has 0 spiro atoms. The fourth-order valence-electron chi connectivity index (χ4n) is 1.40. The van der Waals surface area contributed by atoms with Crippen molar-refractivity contribution in [1.29, 1.82) is 0 Å². The van der Waals surface area contributed by atoms with Crippen LogP contribution in [0.3, 0.4) is 0 Å². The van der Waals surface area contributed by atoms with Crippen molar-refractivity contribution in [2.45, 2.75) is 33.4 Å². The maximum Gasteiger partial charge on any atom is 0.320 e. The van der Waals surface area contributed by atoms with Gasteiger partial charge in [0.25, 0.3) is 0 Å². The van der Waals surface area contributed by atoms with Crippen molar-refractivity contribution in [3.63, 3.8) is 0 Å². The summed E-state index contributed by atoms with van der Waals surface area (Å²) in [7, 11) is 0. The minimum Gasteiger partial charge on any atom is -0.480 e. The van der Waals surface area contributed by atoms with Gasteiger partial charge in [0.1, 0.15) is 6.04 Å². The van der Waals surface area contributed by atoms with Gasteiger partial charge in [-0.2, -0.15) is 0 Å². The Labute approximate surface area is 94.1 Å². The number of hydrogen-bond acceptors (Lipinski definition) is 3. The summed E-state index contributed by atoms with van der Waals surface area (Å²) in [6, 6.07) is 1.58. The van der Waals surface area contributed by atoms with E-state index in [9.17, 15) is 4.79 Å². The van der Waals surface area contributed by atoms with E-state index in [1.807, 2.05) is 32.2 Å². The van der Waals surface area contributed by atoms with Crippen LogP contribution in [-0.4, -0.2) is 17.1 Å². The number of carboxylic acid groups (broad SMARTS) is 1. The van der Waals surface area contributed by atoms with Crippen molar-refractivity contribution < 1.29 is 9.90 Å². The van der Waals surface area contributed by atoms with E-state index in [1.54, 1.807) is 11.3 Å². The largest absolute Gasteiger partial charge is 0.480 e. The van der Waals surface area contributed by atoms with E-state index < -0.39 is 12.0 Å². The highest BCUT2D eigenvalue weighted by Crippen LogP contribution is 2.15. The van der Waals surface area contributed by atoms with E-state index in [2.05, 4.69) is 5.32 Å². The Balaban J connectivity index is 2.55. The van der Waals surface area contributed by atoms with Gasteiger partial charge in [-0.15, -0.1) is 11.3 Å². The third kappa shape index (κ3) is 3.32. The molecule has 0 aromatic carbocycles. The van der Waals surface area contributed by atoms with Crippen LogP contribution in [0, 0.1) is 12.8 Å². The van der Waals surface area contributed by atoms with Crippen molar-refractivity contribution in [2.75, 3.05) is 0 Å². The number of nitrogens with one attached hydrogen (secondary N) is 1. The molecule has 0 aliphatic heterocycles. The zero-order valence-electron chi connectivity index (χ0n) is 9.28. The summed E-state index contributed by atoms with van der Waals surface area (Å²) >= 11 is 1.66. The topological polar surface area (TPSA) is 49.3 Å². The van der Waals surface area contributed by atoms with Gasteiger partial charge in [-0.05, 0) is 29.9 Å². The standard InChI is InChI=1S/C11H17NO2S/c1-7(2)10(11(13)14)12-6-9-8(3)4-5-15-9/h4-5,7,10,12H,6H2,1-3H3,(H,13,14)/t10-/m0/s1. The highest BCUT2D eigenvalue weighted by atomic mass is 32.1. The molecule has 1 aromatic heterocycles. The average Bonchev–Trinajstić information content (AvgIpc) is 2.51. The predicted molar refractivity (Wildman–Crippen MR) is 62.2 cm³/mol. The normalized spacial score (nSPS) is 13.1. The zero-order valence-corrected chi connectivity index (χ0v) is 10.1. The minimum atomic E-state index is -0.779. The van der Waals surface area contributed by atoms with Crippen molar-refractivity contribution >= 4 is 17.3 Å². The lowest BCUT2D eigenvalue weighted by Gasteiger charge is -2.17. The van der Waals surface area contributed by atoms with Crippen LogP contribution in [0.2, 0.25) is 0 Å². The quantitative estimate of drug-likeness (QED) is 0.811. The summed E-state index contributed by atoms with van der Waals surface area (Å²) in [6.45, 7) is 6.50. The molecule has 1 rings (SSSR count). The van der Waals surface area contributed by atoms with Gasteiger partial charge in [0.2, 0.25) is 0 Å². The molecule has 0 bridgehead atoms. The first-order chi connectivity index (χ1) is 7.02. The van der Waals surface area contributed by atoms with Gasteiger partial charge >= 0.3 is 5.97 Å². The van der Waals surface area contributed by atoms with Crippen LogP contribution in [0.4, 0.5) is 0 Å². The van der Waals surface area contributed by atoms with E-state index in [-0.39, 0.29) is 5.92 Å². The summed E-state index contributed by atoms with van der Waals surface area (Å²) in [5, 5.41) is 14.1. The lowest BCUT2D eigenvalue weighted by atomic mass is 10.0. The third-order valence-electron chi connectivity index (χ3n) is 2.38. The zero-order chi connectivity index (χ0) is 11.4. The maximum absolute atomic E-state index is 10.9. The number of carboxylic acids is 1. The molecule has 4 heteroatoms. The van der Waals surface area contributed by atoms with Crippen LogP contribution in [0.5, 0.6) is 0 Å². The highest BCUT2D eigenvalue weighted by molar-refractivity contribution is 7.10. The van der Waals surface area contributed by atoms with Gasteiger partial charge in [0, 0.05) is 11.4 Å². The molecule has 0 unspecified atom stereocenters. The monoisotopic (exact) mass is 227 g/mol. The van der Waals surface area contributed by atoms with Gasteiger partial charge in [-0.1, -0.05) is 13.8 Å². The van der Waals surface area contributed by atoms with Gasteiger partial charge in [-0.3, -0.25) is 10.1 Å². The van der Waals surface area contributed by atoms with E-state index in [0.717, 1.165) is 0 Å². The molecule has 0 saturated carbocycles. The summed E-state index contributed by atoms with van der Waals surface area (Å²) in [4.78, 5) is 12.1. The Hall–Kier alpha value is -0.870. The molecule has 0 radical (unpaired) electrons. The summed E-state index contributed by atoms with van der Waals surface area (Å²) in [5.74, 6) is -0.679. The second-order valence-corrected chi connectivity index (χ2v) is 4.97. The predicted octanol–water partition coefficient (Wildman–Crippen LogP) is 2.26. The second-order valence-electron chi connectivity index (χ2n) is 3.97. The SMILES string of the molecule is Cc1ccsc1CN[C@H](C(=O)O)C(C)C. The minimum absolute atomic E-state index is 0.0998.